The summed E-state index contributed by atoms with van der Waals surface area (Å²) in [6.07, 6.45) is 0. The monoisotopic (exact) mass is 375 g/mol. The van der Waals surface area contributed by atoms with Crippen LogP contribution < -0.4 is 10.2 Å². The van der Waals surface area contributed by atoms with Gasteiger partial charge < -0.3 is 10.2 Å². The highest BCUT2D eigenvalue weighted by molar-refractivity contribution is 6.05. The third-order valence-electron chi connectivity index (χ3n) is 4.49. The van der Waals surface area contributed by atoms with Gasteiger partial charge in [0, 0.05) is 43.2 Å². The maximum atomic E-state index is 12.6. The van der Waals surface area contributed by atoms with E-state index < -0.39 is 4.92 Å². The molecule has 0 radical (unpaired) electrons. The number of hydrogen-bond donors (Lipinski definition) is 1. The van der Waals surface area contributed by atoms with E-state index in [2.05, 4.69) is 5.32 Å². The molecule has 0 aliphatic heterocycles. The van der Waals surface area contributed by atoms with E-state index in [4.69, 9.17) is 0 Å². The lowest BCUT2D eigenvalue weighted by molar-refractivity contribution is -0.384. The van der Waals surface area contributed by atoms with Gasteiger partial charge in [0.15, 0.2) is 0 Å². The normalized spacial score (nSPS) is 10.4. The minimum Gasteiger partial charge on any atom is -0.378 e. The average Bonchev–Trinajstić information content (AvgIpc) is 2.69. The summed E-state index contributed by atoms with van der Waals surface area (Å²) in [5, 5.41) is 14.0. The fourth-order valence-corrected chi connectivity index (χ4v) is 2.93. The second kappa shape index (κ2) is 7.92. The number of rotatable bonds is 5. The van der Waals surface area contributed by atoms with Crippen LogP contribution in [0.3, 0.4) is 0 Å². The standard InChI is InChI=1S/C22H21N3O3/c1-15-10-11-18(14-21(15)16-6-4-9-20(12-16)25(27)28)23-22(26)17-7-5-8-19(13-17)24(2)3/h4-14H,1-3H3,(H,23,26). The van der Waals surface area contributed by atoms with Crippen LogP contribution in [0, 0.1) is 17.0 Å². The molecule has 0 aromatic heterocycles. The molecule has 0 saturated carbocycles. The quantitative estimate of drug-likeness (QED) is 0.509. The molecule has 3 aromatic carbocycles. The lowest BCUT2D eigenvalue weighted by atomic mass is 9.99. The molecule has 0 fully saturated rings. The summed E-state index contributed by atoms with van der Waals surface area (Å²) in [5.41, 5.74) is 4.70. The first-order chi connectivity index (χ1) is 13.3. The Labute approximate surface area is 163 Å². The lowest BCUT2D eigenvalue weighted by Crippen LogP contribution is -2.14. The molecule has 142 valence electrons. The third kappa shape index (κ3) is 4.17. The molecule has 0 aliphatic rings. The van der Waals surface area contributed by atoms with Crippen molar-refractivity contribution in [3.05, 3.63) is 88.0 Å². The number of nitrogens with one attached hydrogen (secondary N) is 1. The highest BCUT2D eigenvalue weighted by atomic mass is 16.6. The van der Waals surface area contributed by atoms with Gasteiger partial charge in [0.1, 0.15) is 0 Å². The number of carbonyl (C=O) groups is 1. The molecule has 0 heterocycles. The Hall–Kier alpha value is -3.67. The molecule has 3 rings (SSSR count). The number of non-ortho nitro benzene ring substituents is 1. The minimum atomic E-state index is -0.414. The molecule has 3 aromatic rings. The number of anilines is 2. The Balaban J connectivity index is 1.89. The van der Waals surface area contributed by atoms with Crippen molar-refractivity contribution in [2.45, 2.75) is 6.92 Å². The molecule has 6 nitrogen and oxygen atoms in total. The molecule has 0 atom stereocenters. The van der Waals surface area contributed by atoms with Crippen molar-refractivity contribution in [2.75, 3.05) is 24.3 Å². The Morgan fingerprint density at radius 1 is 1.00 bits per heavy atom. The Bertz CT molecular complexity index is 1040. The Morgan fingerprint density at radius 2 is 1.75 bits per heavy atom. The average molecular weight is 375 g/mol. The van der Waals surface area contributed by atoms with E-state index in [9.17, 15) is 14.9 Å². The van der Waals surface area contributed by atoms with E-state index >= 15 is 0 Å². The van der Waals surface area contributed by atoms with E-state index in [0.717, 1.165) is 22.4 Å². The molecule has 0 aliphatic carbocycles. The number of aryl methyl sites for hydroxylation is 1. The molecular weight excluding hydrogens is 354 g/mol. The van der Waals surface area contributed by atoms with Gasteiger partial charge in [-0.1, -0.05) is 24.3 Å². The first-order valence-electron chi connectivity index (χ1n) is 8.79. The number of nitrogens with zero attached hydrogens (tertiary/aromatic N) is 2. The number of carbonyl (C=O) groups excluding carboxylic acids is 1. The Kier molecular flexibility index (Phi) is 5.40. The highest BCUT2D eigenvalue weighted by Gasteiger charge is 2.12. The molecule has 0 bridgehead atoms. The first kappa shape index (κ1) is 19.1. The molecule has 6 heteroatoms. The number of hydrogen-bond acceptors (Lipinski definition) is 4. The molecule has 0 unspecified atom stereocenters. The third-order valence-corrected chi connectivity index (χ3v) is 4.49. The lowest BCUT2D eigenvalue weighted by Gasteiger charge is -2.14. The molecule has 1 N–H and O–H groups in total. The summed E-state index contributed by atoms with van der Waals surface area (Å²) in [5.74, 6) is -0.211. The number of nitro groups is 1. The van der Waals surface area contributed by atoms with Gasteiger partial charge in [-0.05, 0) is 53.9 Å². The SMILES string of the molecule is Cc1ccc(NC(=O)c2cccc(N(C)C)c2)cc1-c1cccc([N+](=O)[O-])c1. The summed E-state index contributed by atoms with van der Waals surface area (Å²) < 4.78 is 0. The number of benzene rings is 3. The van der Waals surface area contributed by atoms with E-state index in [1.807, 2.05) is 68.4 Å². The fraction of sp³-hybridized carbons (Fsp3) is 0.136. The second-order valence-electron chi connectivity index (χ2n) is 6.74. The smallest absolute Gasteiger partial charge is 0.270 e. The van der Waals surface area contributed by atoms with E-state index in [1.165, 1.54) is 12.1 Å². The maximum absolute atomic E-state index is 12.6. The van der Waals surface area contributed by atoms with Crippen LogP contribution in [-0.4, -0.2) is 24.9 Å². The van der Waals surface area contributed by atoms with Gasteiger partial charge in [0.25, 0.3) is 11.6 Å². The predicted octanol–water partition coefficient (Wildman–Crippen LogP) is 4.89. The van der Waals surface area contributed by atoms with Crippen molar-refractivity contribution in [3.8, 4) is 11.1 Å². The van der Waals surface area contributed by atoms with Crippen LogP contribution in [0.2, 0.25) is 0 Å². The maximum Gasteiger partial charge on any atom is 0.270 e. The van der Waals surface area contributed by atoms with Gasteiger partial charge in [-0.15, -0.1) is 0 Å². The molecular formula is C22H21N3O3. The molecule has 28 heavy (non-hydrogen) atoms. The van der Waals surface area contributed by atoms with Crippen molar-refractivity contribution in [3.63, 3.8) is 0 Å². The van der Waals surface area contributed by atoms with Crippen LogP contribution in [0.1, 0.15) is 15.9 Å². The largest absolute Gasteiger partial charge is 0.378 e. The molecule has 0 spiro atoms. The number of amides is 1. The van der Waals surface area contributed by atoms with E-state index in [1.54, 1.807) is 12.1 Å². The van der Waals surface area contributed by atoms with Gasteiger partial charge in [0.05, 0.1) is 4.92 Å². The zero-order chi connectivity index (χ0) is 20.3. The first-order valence-corrected chi connectivity index (χ1v) is 8.79. The van der Waals surface area contributed by atoms with Gasteiger partial charge in [-0.25, -0.2) is 0 Å². The van der Waals surface area contributed by atoms with Crippen LogP contribution in [0.4, 0.5) is 17.1 Å². The summed E-state index contributed by atoms with van der Waals surface area (Å²) >= 11 is 0. The zero-order valence-corrected chi connectivity index (χ0v) is 16.0. The minimum absolute atomic E-state index is 0.0341. The van der Waals surface area contributed by atoms with Crippen LogP contribution in [0.25, 0.3) is 11.1 Å². The van der Waals surface area contributed by atoms with Gasteiger partial charge in [-0.3, -0.25) is 14.9 Å². The summed E-state index contributed by atoms with van der Waals surface area (Å²) in [4.78, 5) is 25.2. The van der Waals surface area contributed by atoms with Crippen molar-refractivity contribution < 1.29 is 9.72 Å². The summed E-state index contributed by atoms with van der Waals surface area (Å²) in [6.45, 7) is 1.93. The fourth-order valence-electron chi connectivity index (χ4n) is 2.93. The van der Waals surface area contributed by atoms with E-state index in [0.29, 0.717) is 11.3 Å². The summed E-state index contributed by atoms with van der Waals surface area (Å²) in [7, 11) is 3.84. The van der Waals surface area contributed by atoms with Crippen LogP contribution >= 0.6 is 0 Å². The Morgan fingerprint density at radius 3 is 2.46 bits per heavy atom. The van der Waals surface area contributed by atoms with Crippen molar-refractivity contribution >= 4 is 23.0 Å². The molecule has 1 amide bonds. The van der Waals surface area contributed by atoms with Gasteiger partial charge >= 0.3 is 0 Å². The van der Waals surface area contributed by atoms with Crippen molar-refractivity contribution in [1.82, 2.24) is 0 Å². The highest BCUT2D eigenvalue weighted by Crippen LogP contribution is 2.29. The van der Waals surface area contributed by atoms with Crippen molar-refractivity contribution in [1.29, 1.82) is 0 Å². The van der Waals surface area contributed by atoms with Gasteiger partial charge in [-0.2, -0.15) is 0 Å². The topological polar surface area (TPSA) is 75.5 Å². The number of nitro benzene ring substituents is 1. The molecule has 0 saturated heterocycles. The van der Waals surface area contributed by atoms with Crippen molar-refractivity contribution in [2.24, 2.45) is 0 Å². The summed E-state index contributed by atoms with van der Waals surface area (Å²) in [6, 6.07) is 19.4. The van der Waals surface area contributed by atoms with Crippen LogP contribution in [0.15, 0.2) is 66.7 Å². The predicted molar refractivity (Wildman–Crippen MR) is 112 cm³/mol. The zero-order valence-electron chi connectivity index (χ0n) is 16.0. The van der Waals surface area contributed by atoms with Crippen LogP contribution in [0.5, 0.6) is 0 Å². The second-order valence-corrected chi connectivity index (χ2v) is 6.74. The van der Waals surface area contributed by atoms with E-state index in [-0.39, 0.29) is 11.6 Å². The van der Waals surface area contributed by atoms with Gasteiger partial charge in [0.2, 0.25) is 0 Å². The van der Waals surface area contributed by atoms with Crippen LogP contribution in [-0.2, 0) is 0 Å².